The second-order valence-corrected chi connectivity index (χ2v) is 4.85. The number of nitrogens with one attached hydrogen (secondary N) is 1. The molecule has 3 nitrogen and oxygen atoms in total. The summed E-state index contributed by atoms with van der Waals surface area (Å²) in [6.45, 7) is 1.20. The summed E-state index contributed by atoms with van der Waals surface area (Å²) in [5.74, 6) is -0.751. The molecule has 3 aromatic rings. The molecule has 0 amide bonds. The van der Waals surface area contributed by atoms with E-state index in [0.29, 0.717) is 24.6 Å². The third-order valence-corrected chi connectivity index (χ3v) is 3.50. The highest BCUT2D eigenvalue weighted by Gasteiger charge is 2.15. The van der Waals surface area contributed by atoms with Crippen LogP contribution < -0.4 is 0 Å². The van der Waals surface area contributed by atoms with E-state index in [9.17, 15) is 8.78 Å². The third kappa shape index (κ3) is 1.71. The second kappa shape index (κ2) is 4.11. The van der Waals surface area contributed by atoms with E-state index in [1.165, 1.54) is 6.07 Å². The maximum Gasteiger partial charge on any atom is 0.153 e. The molecule has 0 saturated carbocycles. The zero-order valence-electron chi connectivity index (χ0n) is 10.4. The Morgan fingerprint density at radius 1 is 1.05 bits per heavy atom. The highest BCUT2D eigenvalue weighted by atomic mass is 19.1. The first-order chi connectivity index (χ1) is 9.70. The molecule has 20 heavy (non-hydrogen) atoms. The van der Waals surface area contributed by atoms with E-state index in [0.717, 1.165) is 22.8 Å². The quantitative estimate of drug-likeness (QED) is 0.735. The van der Waals surface area contributed by atoms with Crippen molar-refractivity contribution in [2.24, 2.45) is 0 Å². The molecule has 2 aromatic carbocycles. The first kappa shape index (κ1) is 11.5. The van der Waals surface area contributed by atoms with Crippen molar-refractivity contribution < 1.29 is 13.5 Å². The maximum absolute atomic E-state index is 13.7. The van der Waals surface area contributed by atoms with Gasteiger partial charge in [0.2, 0.25) is 0 Å². The van der Waals surface area contributed by atoms with Crippen molar-refractivity contribution >= 4 is 11.0 Å². The first-order valence-corrected chi connectivity index (χ1v) is 6.25. The molecule has 1 aliphatic heterocycles. The normalized spacial score (nSPS) is 13.9. The molecule has 0 radical (unpaired) electrons. The van der Waals surface area contributed by atoms with E-state index in [-0.39, 0.29) is 5.52 Å². The van der Waals surface area contributed by atoms with Crippen molar-refractivity contribution in [1.29, 1.82) is 0 Å². The van der Waals surface area contributed by atoms with Gasteiger partial charge in [-0.25, -0.2) is 13.8 Å². The number of fused-ring (bicyclic) bond motifs is 2. The number of hydrogen-bond acceptors (Lipinski definition) is 2. The molecule has 2 heterocycles. The Morgan fingerprint density at radius 2 is 1.90 bits per heavy atom. The van der Waals surface area contributed by atoms with Gasteiger partial charge in [-0.3, -0.25) is 0 Å². The molecule has 0 unspecified atom stereocenters. The summed E-state index contributed by atoms with van der Waals surface area (Å²) in [6, 6.07) is 7.92. The number of hydrogen-bond donors (Lipinski definition) is 1. The van der Waals surface area contributed by atoms with Gasteiger partial charge in [0.05, 0.1) is 18.7 Å². The lowest BCUT2D eigenvalue weighted by Gasteiger charge is -2.00. The van der Waals surface area contributed by atoms with Gasteiger partial charge in [-0.05, 0) is 23.3 Å². The minimum absolute atomic E-state index is 0.151. The van der Waals surface area contributed by atoms with Crippen molar-refractivity contribution in [2.45, 2.75) is 13.2 Å². The topological polar surface area (TPSA) is 37.9 Å². The molecule has 0 saturated heterocycles. The molecule has 1 N–H and O–H groups in total. The summed E-state index contributed by atoms with van der Waals surface area (Å²) >= 11 is 0. The van der Waals surface area contributed by atoms with Crippen LogP contribution in [0.1, 0.15) is 11.1 Å². The second-order valence-electron chi connectivity index (χ2n) is 4.85. The van der Waals surface area contributed by atoms with E-state index in [2.05, 4.69) is 9.97 Å². The van der Waals surface area contributed by atoms with Crippen LogP contribution in [0.15, 0.2) is 30.3 Å². The molecule has 100 valence electrons. The van der Waals surface area contributed by atoms with Crippen LogP contribution >= 0.6 is 0 Å². The van der Waals surface area contributed by atoms with Gasteiger partial charge in [0.15, 0.2) is 5.82 Å². The molecule has 0 fully saturated rings. The van der Waals surface area contributed by atoms with Crippen LogP contribution in [0.25, 0.3) is 22.4 Å². The molecular weight excluding hydrogens is 262 g/mol. The zero-order valence-corrected chi connectivity index (χ0v) is 10.4. The zero-order chi connectivity index (χ0) is 13.7. The van der Waals surface area contributed by atoms with Gasteiger partial charge in [0, 0.05) is 11.6 Å². The van der Waals surface area contributed by atoms with Gasteiger partial charge >= 0.3 is 0 Å². The number of benzene rings is 2. The molecule has 0 bridgehead atoms. The number of H-pyrrole nitrogens is 1. The van der Waals surface area contributed by atoms with Crippen LogP contribution in [0.4, 0.5) is 8.78 Å². The minimum atomic E-state index is -0.660. The largest absolute Gasteiger partial charge is 0.372 e. The SMILES string of the molecule is Fc1cc(F)c2nc(-c3ccc4c(c3)COC4)[nH]c2c1. The molecule has 1 aliphatic rings. The smallest absolute Gasteiger partial charge is 0.153 e. The summed E-state index contributed by atoms with van der Waals surface area (Å²) in [5.41, 5.74) is 3.61. The Bertz CT molecular complexity index is 826. The standard InChI is InChI=1S/C15H10F2N2O/c16-11-4-12(17)14-13(5-11)18-15(19-14)8-1-2-9-6-20-7-10(9)3-8/h1-5H,6-7H2,(H,18,19). The number of aromatic nitrogens is 2. The van der Waals surface area contributed by atoms with Crippen molar-refractivity contribution in [1.82, 2.24) is 9.97 Å². The third-order valence-electron chi connectivity index (χ3n) is 3.50. The predicted octanol–water partition coefficient (Wildman–Crippen LogP) is 3.54. The lowest BCUT2D eigenvalue weighted by molar-refractivity contribution is 0.134. The Labute approximate surface area is 113 Å². The van der Waals surface area contributed by atoms with Gasteiger partial charge in [-0.1, -0.05) is 12.1 Å². The average Bonchev–Trinajstić information content (AvgIpc) is 3.03. The van der Waals surface area contributed by atoms with Crippen molar-refractivity contribution in [2.75, 3.05) is 0 Å². The summed E-state index contributed by atoms with van der Waals surface area (Å²) in [6.07, 6.45) is 0. The number of imidazole rings is 1. The molecule has 5 heteroatoms. The fourth-order valence-electron chi connectivity index (χ4n) is 2.50. The number of ether oxygens (including phenoxy) is 1. The number of rotatable bonds is 1. The molecule has 0 aliphatic carbocycles. The molecule has 1 aromatic heterocycles. The van der Waals surface area contributed by atoms with E-state index in [4.69, 9.17) is 4.74 Å². The van der Waals surface area contributed by atoms with E-state index >= 15 is 0 Å². The monoisotopic (exact) mass is 272 g/mol. The summed E-state index contributed by atoms with van der Waals surface area (Å²) in [5, 5.41) is 0. The highest BCUT2D eigenvalue weighted by molar-refractivity contribution is 5.80. The molecule has 0 spiro atoms. The Hall–Kier alpha value is -2.27. The lowest BCUT2D eigenvalue weighted by Crippen LogP contribution is -1.86. The van der Waals surface area contributed by atoms with Crippen LogP contribution in [0.5, 0.6) is 0 Å². The Morgan fingerprint density at radius 3 is 2.80 bits per heavy atom. The fraction of sp³-hybridized carbons (Fsp3) is 0.133. The van der Waals surface area contributed by atoms with Crippen LogP contribution in [0.2, 0.25) is 0 Å². The summed E-state index contributed by atoms with van der Waals surface area (Å²) in [4.78, 5) is 7.16. The molecular formula is C15H10F2N2O. The van der Waals surface area contributed by atoms with Crippen molar-refractivity contribution in [3.63, 3.8) is 0 Å². The van der Waals surface area contributed by atoms with Gasteiger partial charge in [0.1, 0.15) is 17.2 Å². The number of halogens is 2. The number of nitrogens with zero attached hydrogens (tertiary/aromatic N) is 1. The average molecular weight is 272 g/mol. The Balaban J connectivity index is 1.88. The van der Waals surface area contributed by atoms with Crippen LogP contribution in [0, 0.1) is 11.6 Å². The number of aromatic amines is 1. The van der Waals surface area contributed by atoms with Gasteiger partial charge in [-0.2, -0.15) is 0 Å². The summed E-state index contributed by atoms with van der Waals surface area (Å²) in [7, 11) is 0. The predicted molar refractivity (Wildman–Crippen MR) is 69.9 cm³/mol. The van der Waals surface area contributed by atoms with E-state index in [1.54, 1.807) is 0 Å². The van der Waals surface area contributed by atoms with Crippen molar-refractivity contribution in [3.8, 4) is 11.4 Å². The van der Waals surface area contributed by atoms with E-state index < -0.39 is 11.6 Å². The lowest BCUT2D eigenvalue weighted by atomic mass is 10.1. The summed E-state index contributed by atoms with van der Waals surface area (Å²) < 4.78 is 32.2. The van der Waals surface area contributed by atoms with Gasteiger partial charge in [0.25, 0.3) is 0 Å². The Kier molecular flexibility index (Phi) is 2.37. The maximum atomic E-state index is 13.7. The van der Waals surface area contributed by atoms with E-state index in [1.807, 2.05) is 18.2 Å². The van der Waals surface area contributed by atoms with Crippen molar-refractivity contribution in [3.05, 3.63) is 53.1 Å². The van der Waals surface area contributed by atoms with Crippen LogP contribution in [0.3, 0.4) is 0 Å². The van der Waals surface area contributed by atoms with Gasteiger partial charge < -0.3 is 9.72 Å². The van der Waals surface area contributed by atoms with Crippen LogP contribution in [-0.4, -0.2) is 9.97 Å². The first-order valence-electron chi connectivity index (χ1n) is 6.25. The minimum Gasteiger partial charge on any atom is -0.372 e. The fourth-order valence-corrected chi connectivity index (χ4v) is 2.50. The van der Waals surface area contributed by atoms with Gasteiger partial charge in [-0.15, -0.1) is 0 Å². The van der Waals surface area contributed by atoms with Crippen LogP contribution in [-0.2, 0) is 18.0 Å². The highest BCUT2D eigenvalue weighted by Crippen LogP contribution is 2.27. The molecule has 4 rings (SSSR count). The molecule has 0 atom stereocenters.